The van der Waals surface area contributed by atoms with E-state index in [4.69, 9.17) is 28.3 Å². The highest BCUT2D eigenvalue weighted by Gasteiger charge is 2.02. The molecule has 0 aliphatic carbocycles. The number of anilines is 4. The van der Waals surface area contributed by atoms with Gasteiger partial charge in [-0.1, -0.05) is 11.6 Å². The Morgan fingerprint density at radius 3 is 2.28 bits per heavy atom. The number of nitrogens with two attached hydrogens (primary N) is 2. The minimum Gasteiger partial charge on any atom is -0.397 e. The van der Waals surface area contributed by atoms with Crippen molar-refractivity contribution in [1.29, 1.82) is 5.26 Å². The molecule has 0 saturated heterocycles. The molecule has 0 bridgehead atoms. The van der Waals surface area contributed by atoms with Crippen molar-refractivity contribution in [2.24, 2.45) is 0 Å². The second-order valence-corrected chi connectivity index (χ2v) is 4.18. The summed E-state index contributed by atoms with van der Waals surface area (Å²) in [5.41, 5.74) is 14.4. The van der Waals surface area contributed by atoms with E-state index in [-0.39, 0.29) is 0 Å². The zero-order chi connectivity index (χ0) is 13.1. The van der Waals surface area contributed by atoms with Crippen molar-refractivity contribution >= 4 is 34.4 Å². The van der Waals surface area contributed by atoms with Crippen LogP contribution in [0.5, 0.6) is 0 Å². The monoisotopic (exact) mass is 258 g/mol. The van der Waals surface area contributed by atoms with Crippen LogP contribution in [0, 0.1) is 11.3 Å². The van der Waals surface area contributed by atoms with Crippen LogP contribution in [0.1, 0.15) is 5.56 Å². The predicted octanol–water partition coefficient (Wildman–Crippen LogP) is 3.12. The van der Waals surface area contributed by atoms with Crippen LogP contribution in [0.3, 0.4) is 0 Å². The summed E-state index contributed by atoms with van der Waals surface area (Å²) in [6.07, 6.45) is 0. The Hall–Kier alpha value is -2.38. The highest BCUT2D eigenvalue weighted by atomic mass is 35.5. The van der Waals surface area contributed by atoms with Gasteiger partial charge in [0.15, 0.2) is 0 Å². The molecule has 4 nitrogen and oxygen atoms in total. The molecule has 90 valence electrons. The second-order valence-electron chi connectivity index (χ2n) is 3.78. The number of nitriles is 1. The summed E-state index contributed by atoms with van der Waals surface area (Å²) >= 11 is 5.95. The third kappa shape index (κ3) is 2.47. The Kier molecular flexibility index (Phi) is 3.26. The fourth-order valence-electron chi connectivity index (χ4n) is 1.50. The standard InChI is InChI=1S/C13H11ClN4/c14-11-5-9(2-1-8(11)7-15)18-10-3-4-12(16)13(17)6-10/h1-6,18H,16-17H2. The molecule has 0 aromatic heterocycles. The van der Waals surface area contributed by atoms with Crippen LogP contribution in [-0.2, 0) is 0 Å². The summed E-state index contributed by atoms with van der Waals surface area (Å²) in [6.45, 7) is 0. The molecule has 0 saturated carbocycles. The Labute approximate surface area is 110 Å². The number of hydrogen-bond donors (Lipinski definition) is 3. The molecule has 0 aliphatic heterocycles. The molecule has 0 fully saturated rings. The molecule has 2 rings (SSSR count). The number of benzene rings is 2. The number of nitrogen functional groups attached to an aromatic ring is 2. The number of nitrogens with one attached hydrogen (secondary N) is 1. The molecule has 18 heavy (non-hydrogen) atoms. The number of rotatable bonds is 2. The van der Waals surface area contributed by atoms with Crippen molar-refractivity contribution in [1.82, 2.24) is 0 Å². The normalized spacial score (nSPS) is 9.78. The molecule has 0 aliphatic rings. The Morgan fingerprint density at radius 2 is 1.67 bits per heavy atom. The van der Waals surface area contributed by atoms with Crippen LogP contribution in [-0.4, -0.2) is 0 Å². The molecule has 0 heterocycles. The highest BCUT2D eigenvalue weighted by Crippen LogP contribution is 2.26. The zero-order valence-electron chi connectivity index (χ0n) is 9.44. The number of halogens is 1. The van der Waals surface area contributed by atoms with Crippen molar-refractivity contribution < 1.29 is 0 Å². The number of nitrogens with zero attached hydrogens (tertiary/aromatic N) is 1. The smallest absolute Gasteiger partial charge is 0.101 e. The molecule has 5 N–H and O–H groups in total. The maximum absolute atomic E-state index is 8.78. The van der Waals surface area contributed by atoms with Gasteiger partial charge in [-0.3, -0.25) is 0 Å². The first-order valence-electron chi connectivity index (χ1n) is 5.22. The van der Waals surface area contributed by atoms with E-state index in [1.165, 1.54) is 0 Å². The van der Waals surface area contributed by atoms with Gasteiger partial charge in [-0.25, -0.2) is 0 Å². The average molecular weight is 259 g/mol. The SMILES string of the molecule is N#Cc1ccc(Nc2ccc(N)c(N)c2)cc1Cl. The molecule has 0 spiro atoms. The van der Waals surface area contributed by atoms with Crippen molar-refractivity contribution in [3.05, 3.63) is 47.0 Å². The van der Waals surface area contributed by atoms with Gasteiger partial charge < -0.3 is 16.8 Å². The van der Waals surface area contributed by atoms with Crippen molar-refractivity contribution in [2.45, 2.75) is 0 Å². The summed E-state index contributed by atoms with van der Waals surface area (Å²) in [5, 5.41) is 12.3. The minimum atomic E-state index is 0.408. The Balaban J connectivity index is 2.26. The summed E-state index contributed by atoms with van der Waals surface area (Å²) in [5.74, 6) is 0. The van der Waals surface area contributed by atoms with Gasteiger partial charge >= 0.3 is 0 Å². The summed E-state index contributed by atoms with van der Waals surface area (Å²) < 4.78 is 0. The van der Waals surface area contributed by atoms with Gasteiger partial charge in [0.1, 0.15) is 6.07 Å². The van der Waals surface area contributed by atoms with Gasteiger partial charge in [0.05, 0.1) is 22.0 Å². The van der Waals surface area contributed by atoms with Crippen LogP contribution >= 0.6 is 11.6 Å². The van der Waals surface area contributed by atoms with E-state index in [2.05, 4.69) is 5.32 Å². The molecule has 0 atom stereocenters. The van der Waals surface area contributed by atoms with Crippen LogP contribution in [0.25, 0.3) is 0 Å². The summed E-state index contributed by atoms with van der Waals surface area (Å²) in [7, 11) is 0. The fourth-order valence-corrected chi connectivity index (χ4v) is 1.73. The average Bonchev–Trinajstić information content (AvgIpc) is 2.34. The molecule has 2 aromatic rings. The summed E-state index contributed by atoms with van der Waals surface area (Å²) in [6, 6.07) is 12.4. The van der Waals surface area contributed by atoms with E-state index >= 15 is 0 Å². The first-order chi connectivity index (χ1) is 8.60. The quantitative estimate of drug-likeness (QED) is 0.722. The lowest BCUT2D eigenvalue weighted by Gasteiger charge is -2.09. The van der Waals surface area contributed by atoms with Gasteiger partial charge in [0.25, 0.3) is 0 Å². The van der Waals surface area contributed by atoms with Gasteiger partial charge in [-0.15, -0.1) is 0 Å². The molecule has 5 heteroatoms. The van der Waals surface area contributed by atoms with Gasteiger partial charge in [-0.2, -0.15) is 5.26 Å². The topological polar surface area (TPSA) is 87.9 Å². The highest BCUT2D eigenvalue weighted by molar-refractivity contribution is 6.32. The molecule has 2 aromatic carbocycles. The largest absolute Gasteiger partial charge is 0.397 e. The van der Waals surface area contributed by atoms with E-state index in [0.717, 1.165) is 11.4 Å². The van der Waals surface area contributed by atoms with Crippen molar-refractivity contribution in [2.75, 3.05) is 16.8 Å². The van der Waals surface area contributed by atoms with Gasteiger partial charge in [0, 0.05) is 11.4 Å². The van der Waals surface area contributed by atoms with E-state index in [1.807, 2.05) is 12.1 Å². The summed E-state index contributed by atoms with van der Waals surface area (Å²) in [4.78, 5) is 0. The molecular weight excluding hydrogens is 248 g/mol. The van der Waals surface area contributed by atoms with Gasteiger partial charge in [0.2, 0.25) is 0 Å². The second kappa shape index (κ2) is 4.86. The predicted molar refractivity (Wildman–Crippen MR) is 74.7 cm³/mol. The molecule has 0 amide bonds. The lowest BCUT2D eigenvalue weighted by atomic mass is 10.2. The van der Waals surface area contributed by atoms with E-state index in [0.29, 0.717) is 22.0 Å². The number of hydrogen-bond acceptors (Lipinski definition) is 4. The van der Waals surface area contributed by atoms with Crippen LogP contribution < -0.4 is 16.8 Å². The zero-order valence-corrected chi connectivity index (χ0v) is 10.2. The Morgan fingerprint density at radius 1 is 1.00 bits per heavy atom. The fraction of sp³-hybridized carbons (Fsp3) is 0. The molecular formula is C13H11ClN4. The maximum atomic E-state index is 8.78. The maximum Gasteiger partial charge on any atom is 0.101 e. The molecule has 0 unspecified atom stereocenters. The first kappa shape index (κ1) is 12.1. The van der Waals surface area contributed by atoms with Crippen molar-refractivity contribution in [3.8, 4) is 6.07 Å². The van der Waals surface area contributed by atoms with E-state index in [1.54, 1.807) is 30.3 Å². The molecule has 0 radical (unpaired) electrons. The first-order valence-corrected chi connectivity index (χ1v) is 5.59. The third-order valence-corrected chi connectivity index (χ3v) is 2.78. The Bertz CT molecular complexity index is 631. The van der Waals surface area contributed by atoms with Crippen LogP contribution in [0.15, 0.2) is 36.4 Å². The lowest BCUT2D eigenvalue weighted by Crippen LogP contribution is -1.97. The third-order valence-electron chi connectivity index (χ3n) is 2.47. The van der Waals surface area contributed by atoms with Crippen molar-refractivity contribution in [3.63, 3.8) is 0 Å². The van der Waals surface area contributed by atoms with E-state index < -0.39 is 0 Å². The van der Waals surface area contributed by atoms with E-state index in [9.17, 15) is 0 Å². The van der Waals surface area contributed by atoms with Gasteiger partial charge in [-0.05, 0) is 36.4 Å². The lowest BCUT2D eigenvalue weighted by molar-refractivity contribution is 1.47. The van der Waals surface area contributed by atoms with Crippen LogP contribution in [0.4, 0.5) is 22.7 Å². The minimum absolute atomic E-state index is 0.408. The van der Waals surface area contributed by atoms with Crippen LogP contribution in [0.2, 0.25) is 5.02 Å².